The van der Waals surface area contributed by atoms with Crippen LogP contribution < -0.4 is 11.1 Å². The van der Waals surface area contributed by atoms with E-state index < -0.39 is 4.92 Å². The van der Waals surface area contributed by atoms with Gasteiger partial charge in [-0.2, -0.15) is 0 Å². The van der Waals surface area contributed by atoms with Gasteiger partial charge in [0.05, 0.1) is 22.0 Å². The highest BCUT2D eigenvalue weighted by Gasteiger charge is 2.10. The Morgan fingerprint density at radius 1 is 1.11 bits per heavy atom. The third kappa shape index (κ3) is 3.24. The second-order valence-corrected chi connectivity index (χ2v) is 5.55. The van der Waals surface area contributed by atoms with Gasteiger partial charge in [0.1, 0.15) is 0 Å². The molecule has 0 aromatic heterocycles. The van der Waals surface area contributed by atoms with Crippen molar-refractivity contribution < 1.29 is 4.92 Å². The van der Waals surface area contributed by atoms with Crippen LogP contribution in [0.4, 0.5) is 22.7 Å². The fourth-order valence-corrected chi connectivity index (χ4v) is 2.22. The Balaban J connectivity index is 2.33. The minimum atomic E-state index is -0.477. The van der Waals surface area contributed by atoms with Crippen LogP contribution in [0.15, 0.2) is 45.3 Å². The Bertz CT molecular complexity index is 647. The van der Waals surface area contributed by atoms with E-state index in [4.69, 9.17) is 5.73 Å². The summed E-state index contributed by atoms with van der Waals surface area (Å²) in [6, 6.07) is 9.98. The average Bonchev–Trinajstić information content (AvgIpc) is 2.36. The summed E-state index contributed by atoms with van der Waals surface area (Å²) in [5.41, 5.74) is 7.52. The van der Waals surface area contributed by atoms with Gasteiger partial charge in [-0.05, 0) is 40.2 Å². The maximum Gasteiger partial charge on any atom is 0.271 e. The number of rotatable bonds is 3. The van der Waals surface area contributed by atoms with Crippen LogP contribution >= 0.6 is 31.9 Å². The van der Waals surface area contributed by atoms with Gasteiger partial charge >= 0.3 is 0 Å². The molecule has 2 rings (SSSR count). The molecule has 19 heavy (non-hydrogen) atoms. The Labute approximate surface area is 126 Å². The zero-order valence-electron chi connectivity index (χ0n) is 9.56. The maximum absolute atomic E-state index is 10.6. The van der Waals surface area contributed by atoms with Crippen LogP contribution in [-0.2, 0) is 0 Å². The smallest absolute Gasteiger partial charge is 0.271 e. The van der Waals surface area contributed by atoms with Crippen LogP contribution in [0.3, 0.4) is 0 Å². The number of nitrogens with one attached hydrogen (secondary N) is 1. The van der Waals surface area contributed by atoms with E-state index in [1.807, 2.05) is 18.2 Å². The number of nitro groups is 1. The summed E-state index contributed by atoms with van der Waals surface area (Å²) in [6.45, 7) is 0. The first-order chi connectivity index (χ1) is 8.97. The third-order valence-electron chi connectivity index (χ3n) is 2.44. The van der Waals surface area contributed by atoms with E-state index in [0.717, 1.165) is 14.6 Å². The highest BCUT2D eigenvalue weighted by Crippen LogP contribution is 2.32. The molecular weight excluding hydrogens is 378 g/mol. The van der Waals surface area contributed by atoms with E-state index in [0.29, 0.717) is 11.4 Å². The quantitative estimate of drug-likeness (QED) is 0.464. The molecular formula is C12H9Br2N3O2. The number of halogens is 2. The van der Waals surface area contributed by atoms with Crippen molar-refractivity contribution in [2.45, 2.75) is 0 Å². The number of nitrogen functional groups attached to an aromatic ring is 1. The van der Waals surface area contributed by atoms with Crippen molar-refractivity contribution in [3.05, 3.63) is 55.5 Å². The molecule has 0 radical (unpaired) electrons. The summed E-state index contributed by atoms with van der Waals surface area (Å²) in [7, 11) is 0. The van der Waals surface area contributed by atoms with Gasteiger partial charge in [-0.3, -0.25) is 10.1 Å². The Morgan fingerprint density at radius 2 is 1.84 bits per heavy atom. The fraction of sp³-hybridized carbons (Fsp3) is 0. The summed E-state index contributed by atoms with van der Waals surface area (Å²) in [5, 5.41) is 13.8. The van der Waals surface area contributed by atoms with E-state index in [1.165, 1.54) is 12.1 Å². The monoisotopic (exact) mass is 385 g/mol. The number of benzene rings is 2. The summed E-state index contributed by atoms with van der Waals surface area (Å²) in [4.78, 5) is 10.2. The predicted molar refractivity (Wildman–Crippen MR) is 82.6 cm³/mol. The predicted octanol–water partition coefficient (Wildman–Crippen LogP) is 4.45. The molecule has 0 atom stereocenters. The van der Waals surface area contributed by atoms with Crippen molar-refractivity contribution in [2.75, 3.05) is 11.1 Å². The molecule has 0 aliphatic carbocycles. The summed E-state index contributed by atoms with van der Waals surface area (Å²) in [6.07, 6.45) is 0. The van der Waals surface area contributed by atoms with Crippen molar-refractivity contribution in [1.29, 1.82) is 0 Å². The second kappa shape index (κ2) is 5.58. The number of nitrogens with two attached hydrogens (primary N) is 1. The van der Waals surface area contributed by atoms with Gasteiger partial charge in [-0.25, -0.2) is 0 Å². The lowest BCUT2D eigenvalue weighted by molar-refractivity contribution is -0.384. The van der Waals surface area contributed by atoms with Crippen molar-refractivity contribution in [2.24, 2.45) is 0 Å². The highest BCUT2D eigenvalue weighted by molar-refractivity contribution is 9.11. The normalized spacial score (nSPS) is 10.2. The Kier molecular flexibility index (Phi) is 4.06. The molecule has 0 aliphatic heterocycles. The van der Waals surface area contributed by atoms with Gasteiger partial charge in [0.2, 0.25) is 0 Å². The molecule has 7 heteroatoms. The van der Waals surface area contributed by atoms with Crippen LogP contribution in [0, 0.1) is 10.1 Å². The molecule has 0 saturated heterocycles. The minimum Gasteiger partial charge on any atom is -0.397 e. The molecule has 0 spiro atoms. The zero-order chi connectivity index (χ0) is 14.0. The van der Waals surface area contributed by atoms with Gasteiger partial charge in [0.15, 0.2) is 0 Å². The zero-order valence-corrected chi connectivity index (χ0v) is 12.7. The fourth-order valence-electron chi connectivity index (χ4n) is 1.52. The van der Waals surface area contributed by atoms with E-state index in [1.54, 1.807) is 6.07 Å². The molecule has 0 unspecified atom stereocenters. The van der Waals surface area contributed by atoms with Crippen molar-refractivity contribution in [3.63, 3.8) is 0 Å². The largest absolute Gasteiger partial charge is 0.397 e. The van der Waals surface area contributed by atoms with Crippen LogP contribution in [0.2, 0.25) is 0 Å². The summed E-state index contributed by atoms with van der Waals surface area (Å²) >= 11 is 6.80. The molecule has 3 N–H and O–H groups in total. The number of nitro benzene ring substituents is 1. The summed E-state index contributed by atoms with van der Waals surface area (Å²) in [5.74, 6) is 0. The number of non-ortho nitro benzene ring substituents is 1. The molecule has 2 aromatic rings. The SMILES string of the molecule is Nc1cc([N+](=O)[O-])ccc1Nc1cc(Br)ccc1Br. The van der Waals surface area contributed by atoms with Gasteiger partial charge in [0, 0.05) is 21.1 Å². The lowest BCUT2D eigenvalue weighted by Crippen LogP contribution is -1.98. The van der Waals surface area contributed by atoms with Crippen LogP contribution in [-0.4, -0.2) is 4.92 Å². The first kappa shape index (κ1) is 13.8. The molecule has 98 valence electrons. The molecule has 0 bridgehead atoms. The van der Waals surface area contributed by atoms with Gasteiger partial charge in [-0.1, -0.05) is 15.9 Å². The van der Waals surface area contributed by atoms with Gasteiger partial charge in [0.25, 0.3) is 5.69 Å². The molecule has 0 heterocycles. The second-order valence-electron chi connectivity index (χ2n) is 3.78. The van der Waals surface area contributed by atoms with Gasteiger partial charge in [-0.15, -0.1) is 0 Å². The molecule has 0 amide bonds. The maximum atomic E-state index is 10.6. The first-order valence-electron chi connectivity index (χ1n) is 5.23. The number of hydrogen-bond acceptors (Lipinski definition) is 4. The lowest BCUT2D eigenvalue weighted by atomic mass is 10.2. The Hall–Kier alpha value is -1.60. The van der Waals surface area contributed by atoms with Crippen LogP contribution in [0.5, 0.6) is 0 Å². The Morgan fingerprint density at radius 3 is 2.47 bits per heavy atom. The van der Waals surface area contributed by atoms with E-state index >= 15 is 0 Å². The number of nitrogens with zero attached hydrogens (tertiary/aromatic N) is 1. The molecule has 2 aromatic carbocycles. The molecule has 0 aliphatic rings. The topological polar surface area (TPSA) is 81.2 Å². The molecule has 0 saturated carbocycles. The van der Waals surface area contributed by atoms with E-state index in [9.17, 15) is 10.1 Å². The van der Waals surface area contributed by atoms with Crippen molar-refractivity contribution >= 4 is 54.6 Å². The minimum absolute atomic E-state index is 0.0312. The molecule has 0 fully saturated rings. The lowest BCUT2D eigenvalue weighted by Gasteiger charge is -2.11. The van der Waals surface area contributed by atoms with E-state index in [-0.39, 0.29) is 5.69 Å². The van der Waals surface area contributed by atoms with E-state index in [2.05, 4.69) is 37.2 Å². The van der Waals surface area contributed by atoms with Crippen LogP contribution in [0.25, 0.3) is 0 Å². The van der Waals surface area contributed by atoms with Crippen molar-refractivity contribution in [1.82, 2.24) is 0 Å². The molecule has 5 nitrogen and oxygen atoms in total. The standard InChI is InChI=1S/C12H9Br2N3O2/c13-7-1-3-9(14)12(5-7)16-11-4-2-8(17(18)19)6-10(11)15/h1-6,16H,15H2. The van der Waals surface area contributed by atoms with Crippen LogP contribution in [0.1, 0.15) is 0 Å². The summed E-state index contributed by atoms with van der Waals surface area (Å²) < 4.78 is 1.78. The number of anilines is 3. The third-order valence-corrected chi connectivity index (χ3v) is 3.63. The first-order valence-corrected chi connectivity index (χ1v) is 6.82. The number of hydrogen-bond donors (Lipinski definition) is 2. The average molecular weight is 387 g/mol. The van der Waals surface area contributed by atoms with Crippen molar-refractivity contribution in [3.8, 4) is 0 Å². The highest BCUT2D eigenvalue weighted by atomic mass is 79.9. The van der Waals surface area contributed by atoms with Gasteiger partial charge < -0.3 is 11.1 Å².